The number of aliphatic hydroxyl groups excluding tert-OH is 2. The third-order valence-corrected chi connectivity index (χ3v) is 2.12. The van der Waals surface area contributed by atoms with Gasteiger partial charge in [0, 0.05) is 6.42 Å². The van der Waals surface area contributed by atoms with Gasteiger partial charge < -0.3 is 19.7 Å². The van der Waals surface area contributed by atoms with Crippen molar-refractivity contribution in [2.75, 3.05) is 13.4 Å². The molecule has 0 saturated carbocycles. The summed E-state index contributed by atoms with van der Waals surface area (Å²) >= 11 is 0. The lowest BCUT2D eigenvalue weighted by molar-refractivity contribution is 0.0955. The maximum Gasteiger partial charge on any atom is 0.231 e. The topological polar surface area (TPSA) is 58.9 Å². The van der Waals surface area contributed by atoms with E-state index in [9.17, 15) is 5.11 Å². The van der Waals surface area contributed by atoms with E-state index in [0.29, 0.717) is 12.2 Å². The summed E-state index contributed by atoms with van der Waals surface area (Å²) in [5, 5.41) is 17.9. The lowest BCUT2D eigenvalue weighted by Crippen LogP contribution is -2.14. The Labute approximate surface area is 81.7 Å². The van der Waals surface area contributed by atoms with Crippen LogP contribution in [0.15, 0.2) is 18.2 Å². The van der Waals surface area contributed by atoms with Crippen LogP contribution in [0.3, 0.4) is 0 Å². The van der Waals surface area contributed by atoms with Crippen LogP contribution in [0.1, 0.15) is 5.56 Å². The fourth-order valence-electron chi connectivity index (χ4n) is 1.40. The molecule has 4 nitrogen and oxygen atoms in total. The molecule has 1 aromatic rings. The SMILES string of the molecule is OCC(O)Cc1ccc2c(c1)OCO2. The molecule has 0 spiro atoms. The van der Waals surface area contributed by atoms with Crippen LogP contribution in [0.5, 0.6) is 11.5 Å². The molecular formula is C10H12O4. The summed E-state index contributed by atoms with van der Waals surface area (Å²) in [5.74, 6) is 1.43. The molecule has 0 amide bonds. The highest BCUT2D eigenvalue weighted by Crippen LogP contribution is 2.32. The Hall–Kier alpha value is -1.26. The third-order valence-electron chi connectivity index (χ3n) is 2.12. The van der Waals surface area contributed by atoms with Gasteiger partial charge in [0.1, 0.15) is 0 Å². The van der Waals surface area contributed by atoms with Crippen LogP contribution >= 0.6 is 0 Å². The third kappa shape index (κ3) is 1.81. The minimum Gasteiger partial charge on any atom is -0.454 e. The molecule has 1 unspecified atom stereocenters. The lowest BCUT2D eigenvalue weighted by Gasteiger charge is -2.07. The van der Waals surface area contributed by atoms with Gasteiger partial charge in [-0.05, 0) is 17.7 Å². The summed E-state index contributed by atoms with van der Waals surface area (Å²) in [5.41, 5.74) is 0.927. The van der Waals surface area contributed by atoms with Crippen LogP contribution in [0.25, 0.3) is 0 Å². The lowest BCUT2D eigenvalue weighted by atomic mass is 10.1. The van der Waals surface area contributed by atoms with E-state index in [-0.39, 0.29) is 13.4 Å². The molecule has 1 heterocycles. The Bertz CT molecular complexity index is 324. The minimum absolute atomic E-state index is 0.228. The van der Waals surface area contributed by atoms with E-state index in [1.54, 1.807) is 0 Å². The predicted molar refractivity (Wildman–Crippen MR) is 49.4 cm³/mol. The minimum atomic E-state index is -0.713. The van der Waals surface area contributed by atoms with Crippen LogP contribution in [0.2, 0.25) is 0 Å². The largest absolute Gasteiger partial charge is 0.454 e. The van der Waals surface area contributed by atoms with Crippen molar-refractivity contribution in [3.8, 4) is 11.5 Å². The van der Waals surface area contributed by atoms with Gasteiger partial charge in [0.05, 0.1) is 12.7 Å². The first-order valence-electron chi connectivity index (χ1n) is 4.47. The second kappa shape index (κ2) is 3.86. The quantitative estimate of drug-likeness (QED) is 0.730. The summed E-state index contributed by atoms with van der Waals surface area (Å²) in [7, 11) is 0. The molecule has 0 radical (unpaired) electrons. The van der Waals surface area contributed by atoms with Crippen molar-refractivity contribution in [1.29, 1.82) is 0 Å². The van der Waals surface area contributed by atoms with Gasteiger partial charge >= 0.3 is 0 Å². The number of rotatable bonds is 3. The molecule has 1 atom stereocenters. The van der Waals surface area contributed by atoms with Gasteiger partial charge in [-0.25, -0.2) is 0 Å². The molecule has 0 aromatic heterocycles. The van der Waals surface area contributed by atoms with E-state index < -0.39 is 6.10 Å². The standard InChI is InChI=1S/C10H12O4/c11-5-8(12)3-7-1-2-9-10(4-7)14-6-13-9/h1-2,4,8,11-12H,3,5-6H2. The molecule has 2 rings (SSSR count). The van der Waals surface area contributed by atoms with Crippen LogP contribution < -0.4 is 9.47 Å². The number of aliphatic hydroxyl groups is 2. The van der Waals surface area contributed by atoms with Gasteiger partial charge in [0.15, 0.2) is 11.5 Å². The molecule has 14 heavy (non-hydrogen) atoms. The van der Waals surface area contributed by atoms with E-state index in [0.717, 1.165) is 11.3 Å². The fraction of sp³-hybridized carbons (Fsp3) is 0.400. The zero-order valence-corrected chi connectivity index (χ0v) is 7.64. The molecule has 4 heteroatoms. The Kier molecular flexibility index (Phi) is 2.56. The number of hydrogen-bond acceptors (Lipinski definition) is 4. The number of ether oxygens (including phenoxy) is 2. The van der Waals surface area contributed by atoms with Crippen molar-refractivity contribution in [3.05, 3.63) is 23.8 Å². The summed E-state index contributed by atoms with van der Waals surface area (Å²) in [6.45, 7) is 0.0236. The Morgan fingerprint density at radius 1 is 1.29 bits per heavy atom. The zero-order valence-electron chi connectivity index (χ0n) is 7.64. The smallest absolute Gasteiger partial charge is 0.231 e. The van der Waals surface area contributed by atoms with Crippen molar-refractivity contribution in [2.45, 2.75) is 12.5 Å². The molecule has 1 aromatic carbocycles. The molecule has 2 N–H and O–H groups in total. The van der Waals surface area contributed by atoms with Gasteiger partial charge in [-0.2, -0.15) is 0 Å². The van der Waals surface area contributed by atoms with Crippen molar-refractivity contribution in [2.24, 2.45) is 0 Å². The van der Waals surface area contributed by atoms with Crippen molar-refractivity contribution >= 4 is 0 Å². The number of benzene rings is 1. The van der Waals surface area contributed by atoms with Crippen LogP contribution in [0.4, 0.5) is 0 Å². The highest BCUT2D eigenvalue weighted by atomic mass is 16.7. The van der Waals surface area contributed by atoms with Gasteiger partial charge in [-0.3, -0.25) is 0 Å². The molecular weight excluding hydrogens is 184 g/mol. The summed E-state index contributed by atoms with van der Waals surface area (Å²) in [6.07, 6.45) is -0.289. The van der Waals surface area contributed by atoms with Crippen molar-refractivity contribution in [1.82, 2.24) is 0 Å². The van der Waals surface area contributed by atoms with E-state index >= 15 is 0 Å². The first-order chi connectivity index (χ1) is 6.79. The Balaban J connectivity index is 2.12. The number of fused-ring (bicyclic) bond motifs is 1. The normalized spacial score (nSPS) is 15.6. The van der Waals surface area contributed by atoms with Gasteiger partial charge in [0.2, 0.25) is 6.79 Å². The van der Waals surface area contributed by atoms with Gasteiger partial charge in [0.25, 0.3) is 0 Å². The Morgan fingerprint density at radius 2 is 2.07 bits per heavy atom. The van der Waals surface area contributed by atoms with E-state index in [2.05, 4.69) is 0 Å². The summed E-state index contributed by atoms with van der Waals surface area (Å²) < 4.78 is 10.3. The maximum atomic E-state index is 9.24. The second-order valence-electron chi connectivity index (χ2n) is 3.23. The van der Waals surface area contributed by atoms with E-state index in [1.807, 2.05) is 18.2 Å². The first-order valence-corrected chi connectivity index (χ1v) is 4.47. The van der Waals surface area contributed by atoms with Crippen molar-refractivity contribution < 1.29 is 19.7 Å². The average molecular weight is 196 g/mol. The molecule has 0 bridgehead atoms. The molecule has 0 fully saturated rings. The maximum absolute atomic E-state index is 9.24. The van der Waals surface area contributed by atoms with Gasteiger partial charge in [-0.15, -0.1) is 0 Å². The summed E-state index contributed by atoms with van der Waals surface area (Å²) in [6, 6.07) is 5.48. The van der Waals surface area contributed by atoms with E-state index in [1.165, 1.54) is 0 Å². The molecule has 76 valence electrons. The van der Waals surface area contributed by atoms with E-state index in [4.69, 9.17) is 14.6 Å². The van der Waals surface area contributed by atoms with Crippen molar-refractivity contribution in [3.63, 3.8) is 0 Å². The zero-order chi connectivity index (χ0) is 9.97. The molecule has 1 aliphatic rings. The molecule has 1 aliphatic heterocycles. The fourth-order valence-corrected chi connectivity index (χ4v) is 1.40. The summed E-state index contributed by atoms with van der Waals surface area (Å²) in [4.78, 5) is 0. The Morgan fingerprint density at radius 3 is 2.86 bits per heavy atom. The van der Waals surface area contributed by atoms with Crippen LogP contribution in [0, 0.1) is 0 Å². The first kappa shape index (κ1) is 9.30. The molecule has 0 saturated heterocycles. The van der Waals surface area contributed by atoms with Crippen LogP contribution in [-0.2, 0) is 6.42 Å². The molecule has 0 aliphatic carbocycles. The monoisotopic (exact) mass is 196 g/mol. The van der Waals surface area contributed by atoms with Gasteiger partial charge in [-0.1, -0.05) is 6.07 Å². The highest BCUT2D eigenvalue weighted by molar-refractivity contribution is 5.44. The second-order valence-corrected chi connectivity index (χ2v) is 3.23. The number of hydrogen-bond donors (Lipinski definition) is 2. The average Bonchev–Trinajstić information content (AvgIpc) is 2.64. The highest BCUT2D eigenvalue weighted by Gasteiger charge is 2.14. The van der Waals surface area contributed by atoms with Crippen LogP contribution in [-0.4, -0.2) is 29.7 Å². The predicted octanol–water partition coefficient (Wildman–Crippen LogP) is 0.311.